The fourth-order valence-corrected chi connectivity index (χ4v) is 2.23. The molecular weight excluding hydrogens is 228 g/mol. The van der Waals surface area contributed by atoms with Gasteiger partial charge in [-0.15, -0.1) is 0 Å². The molecule has 0 aliphatic carbocycles. The molecule has 2 N–H and O–H groups in total. The molecule has 0 saturated carbocycles. The van der Waals surface area contributed by atoms with E-state index in [1.807, 2.05) is 12.1 Å². The Bertz CT molecular complexity index is 587. The van der Waals surface area contributed by atoms with E-state index in [0.29, 0.717) is 5.69 Å². The molecule has 3 heterocycles. The number of nitrogens with one attached hydrogen (secondary N) is 2. The number of pyridine rings is 1. The molecule has 1 aliphatic rings. The Hall–Kier alpha value is -2.01. The highest BCUT2D eigenvalue weighted by Crippen LogP contribution is 2.21. The quantitative estimate of drug-likeness (QED) is 0.831. The first-order valence-corrected chi connectivity index (χ1v) is 6.08. The van der Waals surface area contributed by atoms with Crippen molar-refractivity contribution in [3.05, 3.63) is 46.8 Å². The summed E-state index contributed by atoms with van der Waals surface area (Å²) in [5.41, 5.74) is 1.50. The second-order valence-electron chi connectivity index (χ2n) is 4.40. The second-order valence-corrected chi connectivity index (χ2v) is 4.40. The van der Waals surface area contributed by atoms with E-state index >= 15 is 0 Å². The SMILES string of the molecule is O=c1cc(-c2ccncc2)nc(C2CCCN2)[nH]1. The van der Waals surface area contributed by atoms with Crippen LogP contribution in [0, 0.1) is 0 Å². The molecule has 1 fully saturated rings. The smallest absolute Gasteiger partial charge is 0.251 e. The summed E-state index contributed by atoms with van der Waals surface area (Å²) in [5, 5.41) is 3.33. The van der Waals surface area contributed by atoms with Gasteiger partial charge in [0, 0.05) is 24.0 Å². The minimum Gasteiger partial charge on any atom is -0.309 e. The van der Waals surface area contributed by atoms with Crippen molar-refractivity contribution in [1.82, 2.24) is 20.3 Å². The number of H-pyrrole nitrogens is 1. The molecule has 2 aromatic heterocycles. The van der Waals surface area contributed by atoms with Crippen LogP contribution in [0.25, 0.3) is 11.3 Å². The molecule has 0 radical (unpaired) electrons. The summed E-state index contributed by atoms with van der Waals surface area (Å²) in [5.74, 6) is 0.729. The molecule has 1 saturated heterocycles. The van der Waals surface area contributed by atoms with Gasteiger partial charge >= 0.3 is 0 Å². The Kier molecular flexibility index (Phi) is 2.90. The molecule has 0 aromatic carbocycles. The number of rotatable bonds is 2. The van der Waals surface area contributed by atoms with Crippen molar-refractivity contribution in [3.8, 4) is 11.3 Å². The topological polar surface area (TPSA) is 70.7 Å². The highest BCUT2D eigenvalue weighted by Gasteiger charge is 2.19. The highest BCUT2D eigenvalue weighted by molar-refractivity contribution is 5.57. The molecule has 2 aromatic rings. The monoisotopic (exact) mass is 242 g/mol. The molecule has 1 aliphatic heterocycles. The predicted molar refractivity (Wildman–Crippen MR) is 68.1 cm³/mol. The van der Waals surface area contributed by atoms with Crippen molar-refractivity contribution in [3.63, 3.8) is 0 Å². The largest absolute Gasteiger partial charge is 0.309 e. The van der Waals surface area contributed by atoms with E-state index in [2.05, 4.69) is 20.3 Å². The van der Waals surface area contributed by atoms with E-state index in [9.17, 15) is 4.79 Å². The lowest BCUT2D eigenvalue weighted by Crippen LogP contribution is -2.20. The summed E-state index contributed by atoms with van der Waals surface area (Å²) in [6.45, 7) is 0.980. The minimum atomic E-state index is -0.111. The maximum Gasteiger partial charge on any atom is 0.251 e. The zero-order chi connectivity index (χ0) is 12.4. The van der Waals surface area contributed by atoms with Gasteiger partial charge in [0.2, 0.25) is 0 Å². The zero-order valence-electron chi connectivity index (χ0n) is 9.89. The molecule has 1 unspecified atom stereocenters. The molecule has 0 bridgehead atoms. The Morgan fingerprint density at radius 2 is 2.11 bits per heavy atom. The predicted octanol–water partition coefficient (Wildman–Crippen LogP) is 1.26. The van der Waals surface area contributed by atoms with Crippen molar-refractivity contribution in [2.24, 2.45) is 0 Å². The fourth-order valence-electron chi connectivity index (χ4n) is 2.23. The van der Waals surface area contributed by atoms with Crippen LogP contribution in [0.2, 0.25) is 0 Å². The first-order chi connectivity index (χ1) is 8.83. The Morgan fingerprint density at radius 1 is 1.28 bits per heavy atom. The van der Waals surface area contributed by atoms with Gasteiger partial charge in [0.05, 0.1) is 11.7 Å². The average molecular weight is 242 g/mol. The molecule has 0 amide bonds. The minimum absolute atomic E-state index is 0.111. The summed E-state index contributed by atoms with van der Waals surface area (Å²) in [4.78, 5) is 23.0. The van der Waals surface area contributed by atoms with E-state index in [-0.39, 0.29) is 11.6 Å². The average Bonchev–Trinajstić information content (AvgIpc) is 2.93. The summed E-state index contributed by atoms with van der Waals surface area (Å²) >= 11 is 0. The van der Waals surface area contributed by atoms with Crippen molar-refractivity contribution in [1.29, 1.82) is 0 Å². The van der Waals surface area contributed by atoms with Gasteiger partial charge in [0.1, 0.15) is 5.82 Å². The Balaban J connectivity index is 2.03. The molecule has 5 nitrogen and oxygen atoms in total. The van der Waals surface area contributed by atoms with Crippen molar-refractivity contribution in [2.75, 3.05) is 6.54 Å². The van der Waals surface area contributed by atoms with Gasteiger partial charge in [-0.2, -0.15) is 0 Å². The molecule has 18 heavy (non-hydrogen) atoms. The summed E-state index contributed by atoms with van der Waals surface area (Å²) in [6, 6.07) is 5.40. The third-order valence-electron chi connectivity index (χ3n) is 3.13. The van der Waals surface area contributed by atoms with Gasteiger partial charge < -0.3 is 10.3 Å². The summed E-state index contributed by atoms with van der Waals surface area (Å²) in [6.07, 6.45) is 5.54. The standard InChI is InChI=1S/C13H14N4O/c18-12-8-11(9-3-6-14-7-4-9)16-13(17-12)10-2-1-5-15-10/h3-4,6-8,10,15H,1-2,5H2,(H,16,17,18). The maximum absolute atomic E-state index is 11.7. The van der Waals surface area contributed by atoms with Crippen LogP contribution < -0.4 is 10.9 Å². The highest BCUT2D eigenvalue weighted by atomic mass is 16.1. The second kappa shape index (κ2) is 4.70. The number of aromatic nitrogens is 3. The Morgan fingerprint density at radius 3 is 2.83 bits per heavy atom. The third kappa shape index (κ3) is 2.17. The zero-order valence-corrected chi connectivity index (χ0v) is 9.89. The summed E-state index contributed by atoms with van der Waals surface area (Å²) < 4.78 is 0. The van der Waals surface area contributed by atoms with Gasteiger partial charge in [-0.25, -0.2) is 4.98 Å². The maximum atomic E-state index is 11.7. The lowest BCUT2D eigenvalue weighted by atomic mass is 10.1. The van der Waals surface area contributed by atoms with Gasteiger partial charge in [0.15, 0.2) is 0 Å². The van der Waals surface area contributed by atoms with Crippen LogP contribution in [0.5, 0.6) is 0 Å². The molecule has 92 valence electrons. The van der Waals surface area contributed by atoms with Gasteiger partial charge in [0.25, 0.3) is 5.56 Å². The van der Waals surface area contributed by atoms with E-state index in [0.717, 1.165) is 30.8 Å². The van der Waals surface area contributed by atoms with E-state index in [1.165, 1.54) is 6.07 Å². The molecule has 5 heteroatoms. The fraction of sp³-hybridized carbons (Fsp3) is 0.308. The van der Waals surface area contributed by atoms with Gasteiger partial charge in [-0.1, -0.05) is 0 Å². The normalized spacial score (nSPS) is 19.0. The first-order valence-electron chi connectivity index (χ1n) is 6.08. The summed E-state index contributed by atoms with van der Waals surface area (Å²) in [7, 11) is 0. The van der Waals surface area contributed by atoms with Crippen LogP contribution >= 0.6 is 0 Å². The third-order valence-corrected chi connectivity index (χ3v) is 3.13. The van der Waals surface area contributed by atoms with Crippen LogP contribution in [-0.2, 0) is 0 Å². The van der Waals surface area contributed by atoms with Gasteiger partial charge in [-0.3, -0.25) is 9.78 Å². The van der Waals surface area contributed by atoms with Crippen LogP contribution in [0.15, 0.2) is 35.4 Å². The molecular formula is C13H14N4O. The van der Waals surface area contributed by atoms with E-state index in [4.69, 9.17) is 0 Å². The lowest BCUT2D eigenvalue weighted by Gasteiger charge is -2.10. The van der Waals surface area contributed by atoms with E-state index < -0.39 is 0 Å². The van der Waals surface area contributed by atoms with Crippen molar-refractivity contribution < 1.29 is 0 Å². The molecule has 1 atom stereocenters. The number of hydrogen-bond acceptors (Lipinski definition) is 4. The molecule has 3 rings (SSSR count). The lowest BCUT2D eigenvalue weighted by molar-refractivity contribution is 0.603. The number of hydrogen-bond donors (Lipinski definition) is 2. The first kappa shape index (κ1) is 11.1. The van der Waals surface area contributed by atoms with E-state index in [1.54, 1.807) is 12.4 Å². The Labute approximate surface area is 104 Å². The van der Waals surface area contributed by atoms with Crippen LogP contribution in [0.3, 0.4) is 0 Å². The number of nitrogens with zero attached hydrogens (tertiary/aromatic N) is 2. The van der Waals surface area contributed by atoms with Gasteiger partial charge in [-0.05, 0) is 31.5 Å². The van der Waals surface area contributed by atoms with Crippen LogP contribution in [0.4, 0.5) is 0 Å². The van der Waals surface area contributed by atoms with Crippen LogP contribution in [0.1, 0.15) is 24.7 Å². The van der Waals surface area contributed by atoms with Crippen molar-refractivity contribution in [2.45, 2.75) is 18.9 Å². The van der Waals surface area contributed by atoms with Crippen LogP contribution in [-0.4, -0.2) is 21.5 Å². The number of aromatic amines is 1. The van der Waals surface area contributed by atoms with Crippen molar-refractivity contribution >= 4 is 0 Å². The molecule has 0 spiro atoms.